The van der Waals surface area contributed by atoms with Crippen molar-refractivity contribution in [1.82, 2.24) is 0 Å². The lowest BCUT2D eigenvalue weighted by Gasteiger charge is -2.16. The molecule has 1 nitrogen and oxygen atoms in total. The Labute approximate surface area is 109 Å². The maximum Gasteiger partial charge on any atom is 0.134 e. The third kappa shape index (κ3) is 1.53. The smallest absolute Gasteiger partial charge is 0.134 e. The van der Waals surface area contributed by atoms with Gasteiger partial charge in [0.1, 0.15) is 18.2 Å². The van der Waals surface area contributed by atoms with Crippen molar-refractivity contribution in [2.45, 2.75) is 0 Å². The van der Waals surface area contributed by atoms with Gasteiger partial charge in [-0.05, 0) is 45.8 Å². The molecule has 1 aliphatic rings. The third-order valence-corrected chi connectivity index (χ3v) is 3.59. The first-order chi connectivity index (χ1) is 9.33. The Morgan fingerprint density at radius 3 is 2.53 bits per heavy atom. The van der Waals surface area contributed by atoms with Gasteiger partial charge in [0.05, 0.1) is 5.56 Å². The van der Waals surface area contributed by atoms with Crippen molar-refractivity contribution >= 4 is 27.4 Å². The van der Waals surface area contributed by atoms with Gasteiger partial charge in [-0.15, -0.1) is 0 Å². The molecule has 0 aliphatic carbocycles. The minimum atomic E-state index is -0.192. The van der Waals surface area contributed by atoms with Crippen LogP contribution >= 0.6 is 0 Å². The predicted molar refractivity (Wildman–Crippen MR) is 76.0 cm³/mol. The van der Waals surface area contributed by atoms with Crippen LogP contribution in [0.3, 0.4) is 0 Å². The van der Waals surface area contributed by atoms with Crippen molar-refractivity contribution < 1.29 is 9.13 Å². The molecule has 0 amide bonds. The lowest BCUT2D eigenvalue weighted by atomic mass is 9.97. The van der Waals surface area contributed by atoms with Crippen LogP contribution in [0.5, 0.6) is 5.75 Å². The molecule has 0 N–H and O–H groups in total. The number of fused-ring (bicyclic) bond motifs is 4. The van der Waals surface area contributed by atoms with Crippen molar-refractivity contribution in [2.24, 2.45) is 0 Å². The predicted octanol–water partition coefficient (Wildman–Crippen LogP) is 4.70. The van der Waals surface area contributed by atoms with Crippen LogP contribution in [0.1, 0.15) is 5.56 Å². The maximum atomic E-state index is 14.1. The number of rotatable bonds is 0. The van der Waals surface area contributed by atoms with Gasteiger partial charge >= 0.3 is 0 Å². The van der Waals surface area contributed by atoms with Crippen LogP contribution in [0.2, 0.25) is 0 Å². The van der Waals surface area contributed by atoms with Gasteiger partial charge < -0.3 is 4.74 Å². The van der Waals surface area contributed by atoms with E-state index in [1.54, 1.807) is 0 Å². The van der Waals surface area contributed by atoms with Gasteiger partial charge in [0.15, 0.2) is 0 Å². The lowest BCUT2D eigenvalue weighted by molar-refractivity contribution is 0.354. The molecule has 0 bridgehead atoms. The summed E-state index contributed by atoms with van der Waals surface area (Å²) in [5, 5.41) is 4.22. The highest BCUT2D eigenvalue weighted by Crippen LogP contribution is 2.38. The highest BCUT2D eigenvalue weighted by atomic mass is 19.1. The molecule has 3 aromatic carbocycles. The van der Waals surface area contributed by atoms with Crippen molar-refractivity contribution in [3.8, 4) is 5.75 Å². The van der Waals surface area contributed by atoms with E-state index < -0.39 is 0 Å². The standard InChI is InChI=1S/C17H11FO/c18-15-7-8-19-16-6-5-13-9-11-3-1-2-4-12(11)10-14(13)17(15)16/h1-7,9-10H,8H2. The molecule has 3 aromatic rings. The monoisotopic (exact) mass is 250 g/mol. The second-order valence-corrected chi connectivity index (χ2v) is 4.72. The molecular weight excluding hydrogens is 239 g/mol. The Morgan fingerprint density at radius 2 is 1.68 bits per heavy atom. The normalized spacial score (nSPS) is 14.1. The summed E-state index contributed by atoms with van der Waals surface area (Å²) < 4.78 is 19.6. The Kier molecular flexibility index (Phi) is 2.12. The zero-order valence-electron chi connectivity index (χ0n) is 10.2. The minimum Gasteiger partial charge on any atom is -0.489 e. The van der Waals surface area contributed by atoms with Gasteiger partial charge in [0.2, 0.25) is 0 Å². The molecule has 0 spiro atoms. The van der Waals surface area contributed by atoms with Crippen LogP contribution in [-0.2, 0) is 0 Å². The van der Waals surface area contributed by atoms with Crippen molar-refractivity contribution in [3.05, 3.63) is 60.2 Å². The van der Waals surface area contributed by atoms with Gasteiger partial charge in [0, 0.05) is 0 Å². The second kappa shape index (κ2) is 3.82. The molecule has 4 rings (SSSR count). The van der Waals surface area contributed by atoms with Crippen LogP contribution in [-0.4, -0.2) is 6.61 Å². The summed E-state index contributed by atoms with van der Waals surface area (Å²) in [6.07, 6.45) is 1.48. The van der Waals surface area contributed by atoms with Gasteiger partial charge in [-0.1, -0.05) is 30.3 Å². The van der Waals surface area contributed by atoms with Gasteiger partial charge in [0.25, 0.3) is 0 Å². The average Bonchev–Trinajstić information content (AvgIpc) is 2.45. The highest BCUT2D eigenvalue weighted by Gasteiger charge is 2.17. The summed E-state index contributed by atoms with van der Waals surface area (Å²) in [4.78, 5) is 0. The summed E-state index contributed by atoms with van der Waals surface area (Å²) in [6, 6.07) is 16.1. The summed E-state index contributed by atoms with van der Waals surface area (Å²) in [5.41, 5.74) is 0.578. The quantitative estimate of drug-likeness (QED) is 0.526. The second-order valence-electron chi connectivity index (χ2n) is 4.72. The van der Waals surface area contributed by atoms with E-state index in [1.165, 1.54) is 6.08 Å². The first kappa shape index (κ1) is 10.6. The molecule has 2 heteroatoms. The Hall–Kier alpha value is -2.35. The van der Waals surface area contributed by atoms with Crippen LogP contribution in [0, 0.1) is 0 Å². The highest BCUT2D eigenvalue weighted by molar-refractivity contribution is 6.04. The molecular formula is C17H11FO. The third-order valence-electron chi connectivity index (χ3n) is 3.59. The zero-order valence-corrected chi connectivity index (χ0v) is 10.2. The van der Waals surface area contributed by atoms with Crippen LogP contribution in [0.15, 0.2) is 54.6 Å². The van der Waals surface area contributed by atoms with Crippen LogP contribution in [0.4, 0.5) is 4.39 Å². The summed E-state index contributed by atoms with van der Waals surface area (Å²) in [6.45, 7) is 0.303. The molecule has 0 saturated carbocycles. The van der Waals surface area contributed by atoms with Gasteiger partial charge in [-0.2, -0.15) is 0 Å². The molecule has 0 radical (unpaired) electrons. The van der Waals surface area contributed by atoms with E-state index in [1.807, 2.05) is 36.4 Å². The number of halogens is 1. The topological polar surface area (TPSA) is 9.23 Å². The fourth-order valence-corrected chi connectivity index (χ4v) is 2.67. The SMILES string of the molecule is FC1=CCOc2ccc3cc4ccccc4cc3c21. The van der Waals surface area contributed by atoms with Crippen molar-refractivity contribution in [1.29, 1.82) is 0 Å². The summed E-state index contributed by atoms with van der Waals surface area (Å²) in [7, 11) is 0. The lowest BCUT2D eigenvalue weighted by Crippen LogP contribution is -2.03. The zero-order chi connectivity index (χ0) is 12.8. The van der Waals surface area contributed by atoms with E-state index in [0.717, 1.165) is 21.5 Å². The molecule has 1 heterocycles. The average molecular weight is 250 g/mol. The molecule has 92 valence electrons. The Balaban J connectivity index is 2.17. The molecule has 0 unspecified atom stereocenters. The van der Waals surface area contributed by atoms with E-state index >= 15 is 0 Å². The molecule has 1 aliphatic heterocycles. The van der Waals surface area contributed by atoms with Crippen LogP contribution < -0.4 is 4.74 Å². The number of benzene rings is 3. The summed E-state index contributed by atoms with van der Waals surface area (Å²) in [5.74, 6) is 0.435. The molecule has 0 aromatic heterocycles. The minimum absolute atomic E-state index is 0.192. The van der Waals surface area contributed by atoms with Crippen molar-refractivity contribution in [3.63, 3.8) is 0 Å². The molecule has 0 saturated heterocycles. The fourth-order valence-electron chi connectivity index (χ4n) is 2.67. The van der Waals surface area contributed by atoms with E-state index in [4.69, 9.17) is 4.74 Å². The van der Waals surface area contributed by atoms with E-state index in [2.05, 4.69) is 12.1 Å². The first-order valence-electron chi connectivity index (χ1n) is 6.27. The number of ether oxygens (including phenoxy) is 1. The molecule has 0 fully saturated rings. The maximum absolute atomic E-state index is 14.1. The summed E-state index contributed by atoms with van der Waals surface area (Å²) >= 11 is 0. The van der Waals surface area contributed by atoms with E-state index in [0.29, 0.717) is 17.9 Å². The molecule has 0 atom stereocenters. The first-order valence-corrected chi connectivity index (χ1v) is 6.27. The van der Waals surface area contributed by atoms with E-state index in [9.17, 15) is 4.39 Å². The molecule has 19 heavy (non-hydrogen) atoms. The fraction of sp³-hybridized carbons (Fsp3) is 0.0588. The Morgan fingerprint density at radius 1 is 0.895 bits per heavy atom. The van der Waals surface area contributed by atoms with Gasteiger partial charge in [-0.3, -0.25) is 0 Å². The van der Waals surface area contributed by atoms with Crippen molar-refractivity contribution in [2.75, 3.05) is 6.61 Å². The van der Waals surface area contributed by atoms with E-state index in [-0.39, 0.29) is 5.83 Å². The number of hydrogen-bond donors (Lipinski definition) is 0. The Bertz CT molecular complexity index is 833. The van der Waals surface area contributed by atoms with Crippen LogP contribution in [0.25, 0.3) is 27.4 Å². The number of hydrogen-bond acceptors (Lipinski definition) is 1. The largest absolute Gasteiger partial charge is 0.489 e. The van der Waals surface area contributed by atoms with Gasteiger partial charge in [-0.25, -0.2) is 4.39 Å².